The minimum atomic E-state index is 0.100. The maximum absolute atomic E-state index is 7.66. The Kier molecular flexibility index (Phi) is 3.93. The standard InChI is InChI=1S/C13H21N3/c1-9(2)11-7-5-6-8-12(11)16(10(3)4)13(14)15/h5-10H,1-4H3,(H3,14,15). The van der Waals surface area contributed by atoms with Gasteiger partial charge in [-0.05, 0) is 31.4 Å². The van der Waals surface area contributed by atoms with Gasteiger partial charge in [0, 0.05) is 11.7 Å². The van der Waals surface area contributed by atoms with Crippen LogP contribution in [-0.4, -0.2) is 12.0 Å². The van der Waals surface area contributed by atoms with Gasteiger partial charge in [-0.1, -0.05) is 32.0 Å². The van der Waals surface area contributed by atoms with Gasteiger partial charge >= 0.3 is 0 Å². The number of guanidine groups is 1. The molecule has 3 N–H and O–H groups in total. The summed E-state index contributed by atoms with van der Waals surface area (Å²) in [4.78, 5) is 1.86. The molecule has 0 aromatic heterocycles. The molecule has 16 heavy (non-hydrogen) atoms. The minimum Gasteiger partial charge on any atom is -0.370 e. The third kappa shape index (κ3) is 2.54. The van der Waals surface area contributed by atoms with E-state index < -0.39 is 0 Å². The fourth-order valence-electron chi connectivity index (χ4n) is 1.88. The topological polar surface area (TPSA) is 53.1 Å². The smallest absolute Gasteiger partial charge is 0.193 e. The van der Waals surface area contributed by atoms with E-state index >= 15 is 0 Å². The molecule has 0 saturated heterocycles. The van der Waals surface area contributed by atoms with Gasteiger partial charge in [-0.2, -0.15) is 0 Å². The van der Waals surface area contributed by atoms with Crippen LogP contribution < -0.4 is 10.6 Å². The highest BCUT2D eigenvalue weighted by atomic mass is 15.2. The lowest BCUT2D eigenvalue weighted by molar-refractivity contribution is 0.780. The highest BCUT2D eigenvalue weighted by molar-refractivity contribution is 5.93. The fraction of sp³-hybridized carbons (Fsp3) is 0.462. The molecule has 0 heterocycles. The van der Waals surface area contributed by atoms with Crippen molar-refractivity contribution < 1.29 is 0 Å². The molecule has 0 saturated carbocycles. The first kappa shape index (κ1) is 12.6. The Morgan fingerprint density at radius 3 is 2.19 bits per heavy atom. The molecule has 0 radical (unpaired) electrons. The average molecular weight is 219 g/mol. The second-order valence-electron chi connectivity index (χ2n) is 4.56. The summed E-state index contributed by atoms with van der Waals surface area (Å²) in [5, 5.41) is 7.66. The van der Waals surface area contributed by atoms with Gasteiger partial charge in [0.25, 0.3) is 0 Å². The van der Waals surface area contributed by atoms with Crippen molar-refractivity contribution in [2.45, 2.75) is 39.7 Å². The van der Waals surface area contributed by atoms with Crippen LogP contribution in [0.1, 0.15) is 39.2 Å². The number of anilines is 1. The predicted molar refractivity (Wildman–Crippen MR) is 70.1 cm³/mol. The second kappa shape index (κ2) is 5.01. The molecule has 1 aromatic carbocycles. The zero-order valence-corrected chi connectivity index (χ0v) is 10.5. The molecule has 0 aliphatic rings. The van der Waals surface area contributed by atoms with E-state index in [0.717, 1.165) is 5.69 Å². The van der Waals surface area contributed by atoms with Crippen molar-refractivity contribution in [1.82, 2.24) is 0 Å². The summed E-state index contributed by atoms with van der Waals surface area (Å²) < 4.78 is 0. The van der Waals surface area contributed by atoms with E-state index in [4.69, 9.17) is 11.1 Å². The van der Waals surface area contributed by atoms with Gasteiger partial charge in [0.2, 0.25) is 0 Å². The normalized spacial score (nSPS) is 10.9. The van der Waals surface area contributed by atoms with E-state index in [1.165, 1.54) is 5.56 Å². The highest BCUT2D eigenvalue weighted by Crippen LogP contribution is 2.28. The van der Waals surface area contributed by atoms with E-state index in [1.54, 1.807) is 0 Å². The SMILES string of the molecule is CC(C)c1ccccc1N(C(=N)N)C(C)C. The summed E-state index contributed by atoms with van der Waals surface area (Å²) in [6.07, 6.45) is 0. The number of hydrogen-bond donors (Lipinski definition) is 2. The number of hydrogen-bond acceptors (Lipinski definition) is 1. The second-order valence-corrected chi connectivity index (χ2v) is 4.56. The van der Waals surface area contributed by atoms with Gasteiger partial charge < -0.3 is 10.6 Å². The number of nitrogens with two attached hydrogens (primary N) is 1. The van der Waals surface area contributed by atoms with Crippen LogP contribution in [0.5, 0.6) is 0 Å². The molecule has 3 heteroatoms. The Morgan fingerprint density at radius 2 is 1.75 bits per heavy atom. The Labute approximate surface area is 97.8 Å². The summed E-state index contributed by atoms with van der Waals surface area (Å²) in [5.74, 6) is 0.528. The van der Waals surface area contributed by atoms with Gasteiger partial charge in [0.05, 0.1) is 0 Å². The van der Waals surface area contributed by atoms with Crippen LogP contribution in [0.25, 0.3) is 0 Å². The molecule has 0 spiro atoms. The van der Waals surface area contributed by atoms with Crippen LogP contribution in [0.15, 0.2) is 24.3 Å². The molecule has 0 bridgehead atoms. The maximum atomic E-state index is 7.66. The molecule has 0 amide bonds. The molecule has 0 unspecified atom stereocenters. The van der Waals surface area contributed by atoms with Crippen LogP contribution >= 0.6 is 0 Å². The van der Waals surface area contributed by atoms with Crippen molar-refractivity contribution in [2.75, 3.05) is 4.90 Å². The van der Waals surface area contributed by atoms with Gasteiger partial charge in [0.1, 0.15) is 0 Å². The lowest BCUT2D eigenvalue weighted by Crippen LogP contribution is -2.42. The van der Waals surface area contributed by atoms with Crippen LogP contribution in [0.4, 0.5) is 5.69 Å². The summed E-state index contributed by atoms with van der Waals surface area (Å²) in [6, 6.07) is 8.32. The molecule has 1 aromatic rings. The Hall–Kier alpha value is -1.51. The van der Waals surface area contributed by atoms with E-state index in [0.29, 0.717) is 5.92 Å². The molecule has 3 nitrogen and oxygen atoms in total. The van der Waals surface area contributed by atoms with Crippen LogP contribution in [0.3, 0.4) is 0 Å². The third-order valence-corrected chi connectivity index (χ3v) is 2.59. The first-order chi connectivity index (χ1) is 7.45. The molecule has 0 atom stereocenters. The first-order valence-corrected chi connectivity index (χ1v) is 5.67. The van der Waals surface area contributed by atoms with E-state index in [2.05, 4.69) is 19.9 Å². The Morgan fingerprint density at radius 1 is 1.19 bits per heavy atom. The highest BCUT2D eigenvalue weighted by Gasteiger charge is 2.17. The summed E-state index contributed by atoms with van der Waals surface area (Å²) in [5.41, 5.74) is 7.92. The lowest BCUT2D eigenvalue weighted by atomic mass is 10.00. The summed E-state index contributed by atoms with van der Waals surface area (Å²) >= 11 is 0. The van der Waals surface area contributed by atoms with E-state index in [-0.39, 0.29) is 12.0 Å². The fourth-order valence-corrected chi connectivity index (χ4v) is 1.88. The van der Waals surface area contributed by atoms with Crippen LogP contribution in [0.2, 0.25) is 0 Å². The van der Waals surface area contributed by atoms with Crippen LogP contribution in [-0.2, 0) is 0 Å². The lowest BCUT2D eigenvalue weighted by Gasteiger charge is -2.29. The predicted octanol–water partition coefficient (Wildman–Crippen LogP) is 2.92. The first-order valence-electron chi connectivity index (χ1n) is 5.67. The zero-order valence-electron chi connectivity index (χ0n) is 10.5. The summed E-state index contributed by atoms with van der Waals surface area (Å²) in [7, 11) is 0. The van der Waals surface area contributed by atoms with Gasteiger partial charge in [-0.25, -0.2) is 0 Å². The average Bonchev–Trinajstić information content (AvgIpc) is 2.17. The number of nitrogens with zero attached hydrogens (tertiary/aromatic N) is 1. The molecular formula is C13H21N3. The monoisotopic (exact) mass is 219 g/mol. The molecule has 0 aliphatic heterocycles. The van der Waals surface area contributed by atoms with Crippen molar-refractivity contribution >= 4 is 11.6 Å². The number of rotatable bonds is 3. The van der Waals surface area contributed by atoms with Crippen LogP contribution in [0, 0.1) is 5.41 Å². The van der Waals surface area contributed by atoms with E-state index in [9.17, 15) is 0 Å². The van der Waals surface area contributed by atoms with Crippen molar-refractivity contribution in [1.29, 1.82) is 5.41 Å². The van der Waals surface area contributed by atoms with Gasteiger partial charge in [0.15, 0.2) is 5.96 Å². The zero-order chi connectivity index (χ0) is 12.3. The van der Waals surface area contributed by atoms with Crippen molar-refractivity contribution in [2.24, 2.45) is 5.73 Å². The molecule has 0 fully saturated rings. The molecular weight excluding hydrogens is 198 g/mol. The van der Waals surface area contributed by atoms with Crippen molar-refractivity contribution in [3.63, 3.8) is 0 Å². The Bertz CT molecular complexity index is 369. The molecule has 1 rings (SSSR count). The van der Waals surface area contributed by atoms with Crippen molar-refractivity contribution in [3.8, 4) is 0 Å². The number of para-hydroxylation sites is 1. The third-order valence-electron chi connectivity index (χ3n) is 2.59. The molecule has 0 aliphatic carbocycles. The van der Waals surface area contributed by atoms with Gasteiger partial charge in [-0.3, -0.25) is 5.41 Å². The largest absolute Gasteiger partial charge is 0.370 e. The van der Waals surface area contributed by atoms with Crippen molar-refractivity contribution in [3.05, 3.63) is 29.8 Å². The Balaban J connectivity index is 3.24. The quantitative estimate of drug-likeness (QED) is 0.606. The minimum absolute atomic E-state index is 0.100. The summed E-state index contributed by atoms with van der Waals surface area (Å²) in [6.45, 7) is 8.38. The number of benzene rings is 1. The maximum Gasteiger partial charge on any atom is 0.193 e. The van der Waals surface area contributed by atoms with E-state index in [1.807, 2.05) is 36.9 Å². The number of nitrogens with one attached hydrogen (secondary N) is 1. The molecule has 88 valence electrons. The van der Waals surface area contributed by atoms with Gasteiger partial charge in [-0.15, -0.1) is 0 Å².